The normalized spacial score (nSPS) is 11.9. The van der Waals surface area contributed by atoms with Crippen LogP contribution in [0, 0.1) is 0 Å². The zero-order chi connectivity index (χ0) is 22.3. The Morgan fingerprint density at radius 1 is 0.625 bits per heavy atom. The van der Waals surface area contributed by atoms with Crippen LogP contribution < -0.4 is 5.46 Å². The van der Waals surface area contributed by atoms with E-state index in [4.69, 9.17) is 0 Å². The van der Waals surface area contributed by atoms with E-state index in [-0.39, 0.29) is 22.3 Å². The predicted octanol–water partition coefficient (Wildman–Crippen LogP) is 4.88. The molecule has 0 fully saturated rings. The van der Waals surface area contributed by atoms with Crippen molar-refractivity contribution in [1.29, 1.82) is 0 Å². The van der Waals surface area contributed by atoms with Gasteiger partial charge in [0, 0.05) is 47.5 Å². The molecule has 0 unspecified atom stereocenters. The minimum absolute atomic E-state index is 0.116. The lowest BCUT2D eigenvalue weighted by Gasteiger charge is -2.14. The second-order valence-electron chi connectivity index (χ2n) is 7.75. The third-order valence-corrected chi connectivity index (χ3v) is 8.53. The van der Waals surface area contributed by atoms with Gasteiger partial charge in [-0.05, 0) is 6.07 Å². The van der Waals surface area contributed by atoms with Crippen LogP contribution in [-0.4, -0.2) is 33.4 Å². The topological polar surface area (TPSA) is 101 Å². The average Bonchev–Trinajstić information content (AvgIpc) is 3.37. The predicted molar refractivity (Wildman–Crippen MR) is 134 cm³/mol. The minimum atomic E-state index is -0.495. The van der Waals surface area contributed by atoms with Crippen molar-refractivity contribution in [2.45, 2.75) is 0 Å². The average molecular weight is 458 g/mol. The van der Waals surface area contributed by atoms with Crippen LogP contribution in [0.4, 0.5) is 0 Å². The largest absolute Gasteiger partial charge is 0.506 e. The quantitative estimate of drug-likeness (QED) is 0.137. The Balaban J connectivity index is 1.78. The molecule has 2 heterocycles. The van der Waals surface area contributed by atoms with Crippen LogP contribution >= 0.6 is 22.7 Å². The molecule has 2 aromatic heterocycles. The van der Waals surface area contributed by atoms with E-state index in [1.807, 2.05) is 38.2 Å². The highest BCUT2D eigenvalue weighted by atomic mass is 32.1. The van der Waals surface area contributed by atoms with Gasteiger partial charge < -0.3 is 25.5 Å². The van der Waals surface area contributed by atoms with Gasteiger partial charge in [0.05, 0.1) is 10.1 Å². The summed E-state index contributed by atoms with van der Waals surface area (Å²) in [5, 5.41) is 55.4. The van der Waals surface area contributed by atoms with Gasteiger partial charge in [0.1, 0.15) is 13.6 Å². The van der Waals surface area contributed by atoms with Crippen molar-refractivity contribution in [3.63, 3.8) is 0 Å². The highest BCUT2D eigenvalue weighted by Crippen LogP contribution is 2.54. The van der Waals surface area contributed by atoms with Crippen molar-refractivity contribution in [1.82, 2.24) is 0 Å². The summed E-state index contributed by atoms with van der Waals surface area (Å²) in [5.74, 6) is -1.85. The second-order valence-corrected chi connectivity index (χ2v) is 9.82. The van der Waals surface area contributed by atoms with Crippen LogP contribution in [0.1, 0.15) is 0 Å². The van der Waals surface area contributed by atoms with Crippen LogP contribution in [0.5, 0.6) is 28.7 Å². The summed E-state index contributed by atoms with van der Waals surface area (Å²) in [6, 6.07) is 15.1. The first-order valence-corrected chi connectivity index (χ1v) is 11.5. The Labute approximate surface area is 190 Å². The minimum Gasteiger partial charge on any atom is -0.506 e. The van der Waals surface area contributed by atoms with Gasteiger partial charge in [0.25, 0.3) is 0 Å². The molecule has 6 aromatic rings. The monoisotopic (exact) mass is 458 g/mol. The summed E-state index contributed by atoms with van der Waals surface area (Å²) >= 11 is 2.81. The van der Waals surface area contributed by atoms with Crippen molar-refractivity contribution < 1.29 is 25.5 Å². The second kappa shape index (κ2) is 6.45. The number of fused-ring (bicyclic) bond motifs is 6. The zero-order valence-corrected chi connectivity index (χ0v) is 18.3. The van der Waals surface area contributed by atoms with E-state index in [0.29, 0.717) is 20.4 Å². The van der Waals surface area contributed by atoms with E-state index in [1.54, 1.807) is 11.3 Å². The van der Waals surface area contributed by atoms with Gasteiger partial charge in [-0.2, -0.15) is 0 Å². The van der Waals surface area contributed by atoms with Crippen molar-refractivity contribution >= 4 is 76.3 Å². The number of aromatic hydroxyl groups is 5. The molecule has 0 bridgehead atoms. The van der Waals surface area contributed by atoms with Gasteiger partial charge >= 0.3 is 0 Å². The SMILES string of the molecule is Bc1c(-c2cccc3c2sc2ccccc23)c(O)c(O)c2c1sc1c(O)cc(O)c(O)c12. The third kappa shape index (κ3) is 2.33. The smallest absolute Gasteiger partial charge is 0.167 e. The Kier molecular flexibility index (Phi) is 3.85. The molecular weight excluding hydrogens is 443 g/mol. The molecule has 8 heteroatoms. The fourth-order valence-corrected chi connectivity index (χ4v) is 6.97. The highest BCUT2D eigenvalue weighted by Gasteiger charge is 2.26. The van der Waals surface area contributed by atoms with Gasteiger partial charge in [0.15, 0.2) is 23.0 Å². The number of thiophene rings is 2. The molecule has 0 spiro atoms. The number of rotatable bonds is 1. The zero-order valence-electron chi connectivity index (χ0n) is 16.7. The maximum absolute atomic E-state index is 11.1. The summed E-state index contributed by atoms with van der Waals surface area (Å²) in [6.45, 7) is 0. The van der Waals surface area contributed by atoms with E-state index in [2.05, 4.69) is 12.1 Å². The molecule has 0 atom stereocenters. The molecule has 32 heavy (non-hydrogen) atoms. The van der Waals surface area contributed by atoms with Gasteiger partial charge in [-0.3, -0.25) is 0 Å². The molecule has 0 aliphatic heterocycles. The van der Waals surface area contributed by atoms with Crippen molar-refractivity contribution in [2.24, 2.45) is 0 Å². The Morgan fingerprint density at radius 2 is 1.34 bits per heavy atom. The van der Waals surface area contributed by atoms with Crippen molar-refractivity contribution in [2.75, 3.05) is 0 Å². The number of phenolic OH excluding ortho intramolecular Hbond substituents is 5. The Hall–Kier alpha value is -3.62. The van der Waals surface area contributed by atoms with Crippen molar-refractivity contribution in [3.8, 4) is 39.9 Å². The fourth-order valence-electron chi connectivity index (χ4n) is 4.52. The number of hydrogen-bond donors (Lipinski definition) is 5. The fraction of sp³-hybridized carbons (Fsp3) is 0. The first-order chi connectivity index (χ1) is 15.4. The first-order valence-electron chi connectivity index (χ1n) is 9.83. The number of benzene rings is 4. The summed E-state index contributed by atoms with van der Waals surface area (Å²) in [4.78, 5) is 0. The van der Waals surface area contributed by atoms with E-state index < -0.39 is 17.2 Å². The lowest BCUT2D eigenvalue weighted by atomic mass is 9.84. The third-order valence-electron chi connectivity index (χ3n) is 5.98. The molecule has 0 saturated carbocycles. The van der Waals surface area contributed by atoms with Gasteiger partial charge in [-0.25, -0.2) is 0 Å². The van der Waals surface area contributed by atoms with E-state index in [1.165, 1.54) is 11.3 Å². The van der Waals surface area contributed by atoms with Gasteiger partial charge in [0.2, 0.25) is 0 Å². The molecule has 4 aromatic carbocycles. The Bertz CT molecular complexity index is 1750. The lowest BCUT2D eigenvalue weighted by molar-refractivity contribution is 0.401. The highest BCUT2D eigenvalue weighted by molar-refractivity contribution is 7.27. The van der Waals surface area contributed by atoms with Crippen LogP contribution in [0.25, 0.3) is 51.5 Å². The maximum atomic E-state index is 11.1. The molecule has 5 nitrogen and oxygen atoms in total. The molecule has 5 N–H and O–H groups in total. The standard InChI is InChI=1S/C24H15BO5S2/c25-18-15(11-6-3-5-10-9-4-1-2-7-14(9)31-22(10)11)20(29)21(30)17-16-19(28)12(26)8-13(27)23(16)32-24(17)18/h1-8,26-30H,25H2. The summed E-state index contributed by atoms with van der Waals surface area (Å²) in [5.41, 5.74) is 2.01. The van der Waals surface area contributed by atoms with Crippen LogP contribution in [-0.2, 0) is 0 Å². The number of phenols is 5. The molecule has 0 amide bonds. The van der Waals surface area contributed by atoms with Crippen LogP contribution in [0.15, 0.2) is 48.5 Å². The lowest BCUT2D eigenvalue weighted by Crippen LogP contribution is -2.07. The van der Waals surface area contributed by atoms with Crippen LogP contribution in [0.2, 0.25) is 0 Å². The molecule has 0 saturated heterocycles. The van der Waals surface area contributed by atoms with Crippen LogP contribution in [0.3, 0.4) is 0 Å². The van der Waals surface area contributed by atoms with Gasteiger partial charge in [-0.15, -0.1) is 22.7 Å². The molecule has 6 rings (SSSR count). The molecule has 0 aliphatic rings. The summed E-state index contributed by atoms with van der Waals surface area (Å²) in [6.07, 6.45) is 0. The maximum Gasteiger partial charge on any atom is 0.167 e. The molecule has 156 valence electrons. The molecular formula is C24H15BO5S2. The van der Waals surface area contributed by atoms with E-state index in [9.17, 15) is 25.5 Å². The molecule has 0 radical (unpaired) electrons. The van der Waals surface area contributed by atoms with E-state index in [0.717, 1.165) is 31.8 Å². The molecule has 0 aliphatic carbocycles. The summed E-state index contributed by atoms with van der Waals surface area (Å²) < 4.78 is 3.06. The summed E-state index contributed by atoms with van der Waals surface area (Å²) in [7, 11) is 1.84. The van der Waals surface area contributed by atoms with Gasteiger partial charge in [-0.1, -0.05) is 41.9 Å². The Morgan fingerprint density at radius 3 is 2.16 bits per heavy atom. The number of hydrogen-bond acceptors (Lipinski definition) is 7. The first kappa shape index (κ1) is 19.1. The van der Waals surface area contributed by atoms with Crippen molar-refractivity contribution in [3.05, 3.63) is 48.5 Å². The van der Waals surface area contributed by atoms with E-state index >= 15 is 0 Å².